The van der Waals surface area contributed by atoms with Crippen LogP contribution in [0, 0.1) is 0 Å². The van der Waals surface area contributed by atoms with Crippen molar-refractivity contribution in [3.8, 4) is 0 Å². The van der Waals surface area contributed by atoms with Gasteiger partial charge in [0.1, 0.15) is 0 Å². The molecule has 0 aromatic carbocycles. The highest BCUT2D eigenvalue weighted by atomic mass is 16.1. The Bertz CT molecular complexity index is 251. The molecule has 2 atom stereocenters. The van der Waals surface area contributed by atoms with Gasteiger partial charge in [-0.15, -0.1) is 0 Å². The standard InChI is InChI=1S/C13H28N4O/c1-3-11(5-6-14)16-7-9-17(10-8-16)12(4-2)13(15)18/h11-12H,3-10,14H2,1-2H3,(H2,15,18). The Balaban J connectivity index is 2.46. The van der Waals surface area contributed by atoms with Crippen LogP contribution < -0.4 is 11.5 Å². The Kier molecular flexibility index (Phi) is 6.60. The van der Waals surface area contributed by atoms with Crippen LogP contribution in [0.3, 0.4) is 0 Å². The lowest BCUT2D eigenvalue weighted by molar-refractivity contribution is -0.124. The second-order valence-electron chi connectivity index (χ2n) is 5.04. The van der Waals surface area contributed by atoms with E-state index < -0.39 is 0 Å². The fourth-order valence-corrected chi connectivity index (χ4v) is 2.89. The first-order chi connectivity index (χ1) is 8.63. The van der Waals surface area contributed by atoms with Gasteiger partial charge in [-0.3, -0.25) is 14.6 Å². The van der Waals surface area contributed by atoms with Gasteiger partial charge in [0.2, 0.25) is 5.91 Å². The Hall–Kier alpha value is -0.650. The lowest BCUT2D eigenvalue weighted by atomic mass is 10.1. The number of rotatable bonds is 7. The maximum atomic E-state index is 11.4. The zero-order chi connectivity index (χ0) is 13.5. The van der Waals surface area contributed by atoms with Gasteiger partial charge in [0, 0.05) is 32.2 Å². The molecule has 0 aliphatic carbocycles. The molecule has 1 aliphatic rings. The Labute approximate surface area is 110 Å². The maximum Gasteiger partial charge on any atom is 0.234 e. The molecule has 4 N–H and O–H groups in total. The lowest BCUT2D eigenvalue weighted by Gasteiger charge is -2.41. The van der Waals surface area contributed by atoms with Gasteiger partial charge in [-0.05, 0) is 25.8 Å². The molecule has 1 rings (SSSR count). The molecule has 1 saturated heterocycles. The van der Waals surface area contributed by atoms with Crippen molar-refractivity contribution in [3.63, 3.8) is 0 Å². The molecule has 1 aliphatic heterocycles. The van der Waals surface area contributed by atoms with E-state index in [-0.39, 0.29) is 11.9 Å². The van der Waals surface area contributed by atoms with Crippen LogP contribution in [0.2, 0.25) is 0 Å². The molecule has 1 heterocycles. The molecule has 106 valence electrons. The molecule has 0 saturated carbocycles. The fourth-order valence-electron chi connectivity index (χ4n) is 2.89. The number of nitrogens with zero attached hydrogens (tertiary/aromatic N) is 2. The number of primary amides is 1. The predicted octanol–water partition coefficient (Wildman–Crippen LogP) is -0.00470. The molecule has 18 heavy (non-hydrogen) atoms. The van der Waals surface area contributed by atoms with E-state index in [4.69, 9.17) is 11.5 Å². The summed E-state index contributed by atoms with van der Waals surface area (Å²) in [5, 5.41) is 0. The van der Waals surface area contributed by atoms with Gasteiger partial charge >= 0.3 is 0 Å². The van der Waals surface area contributed by atoms with Crippen LogP contribution in [0.4, 0.5) is 0 Å². The third kappa shape index (κ3) is 3.93. The maximum absolute atomic E-state index is 11.4. The van der Waals surface area contributed by atoms with Gasteiger partial charge in [-0.25, -0.2) is 0 Å². The molecule has 0 bridgehead atoms. The summed E-state index contributed by atoms with van der Waals surface area (Å²) < 4.78 is 0. The van der Waals surface area contributed by atoms with E-state index in [2.05, 4.69) is 16.7 Å². The van der Waals surface area contributed by atoms with Gasteiger partial charge in [0.15, 0.2) is 0 Å². The van der Waals surface area contributed by atoms with Crippen molar-refractivity contribution in [1.82, 2.24) is 9.80 Å². The minimum Gasteiger partial charge on any atom is -0.368 e. The minimum atomic E-state index is -0.194. The van der Waals surface area contributed by atoms with Crippen molar-refractivity contribution in [2.75, 3.05) is 32.7 Å². The molecule has 5 heteroatoms. The summed E-state index contributed by atoms with van der Waals surface area (Å²) in [6, 6.07) is 0.493. The number of amides is 1. The van der Waals surface area contributed by atoms with Crippen LogP contribution in [0.25, 0.3) is 0 Å². The first-order valence-electron chi connectivity index (χ1n) is 7.11. The van der Waals surface area contributed by atoms with E-state index in [9.17, 15) is 4.79 Å². The van der Waals surface area contributed by atoms with Crippen LogP contribution in [-0.2, 0) is 4.79 Å². The van der Waals surface area contributed by atoms with E-state index in [0.29, 0.717) is 6.04 Å². The van der Waals surface area contributed by atoms with Crippen LogP contribution in [-0.4, -0.2) is 60.5 Å². The molecule has 0 spiro atoms. The Morgan fingerprint density at radius 2 is 1.67 bits per heavy atom. The SMILES string of the molecule is CCC(CCN)N1CCN(C(CC)C(N)=O)CC1. The van der Waals surface area contributed by atoms with E-state index in [1.807, 2.05) is 6.92 Å². The summed E-state index contributed by atoms with van der Waals surface area (Å²) >= 11 is 0. The topological polar surface area (TPSA) is 75.6 Å². The molecule has 1 fully saturated rings. The number of carbonyl (C=O) groups is 1. The first-order valence-corrected chi connectivity index (χ1v) is 7.11. The van der Waals surface area contributed by atoms with E-state index in [1.54, 1.807) is 0 Å². The molecule has 0 aromatic rings. The van der Waals surface area contributed by atoms with Crippen LogP contribution in [0.5, 0.6) is 0 Å². The zero-order valence-corrected chi connectivity index (χ0v) is 11.8. The average Bonchev–Trinajstić information content (AvgIpc) is 2.37. The molecular formula is C13H28N4O. The Morgan fingerprint density at radius 1 is 1.11 bits per heavy atom. The van der Waals surface area contributed by atoms with Crippen LogP contribution in [0.1, 0.15) is 33.1 Å². The van der Waals surface area contributed by atoms with Gasteiger partial charge < -0.3 is 11.5 Å². The molecule has 0 aromatic heterocycles. The lowest BCUT2D eigenvalue weighted by Crippen LogP contribution is -2.56. The fraction of sp³-hybridized carbons (Fsp3) is 0.923. The molecule has 5 nitrogen and oxygen atoms in total. The van der Waals surface area contributed by atoms with Gasteiger partial charge in [0.25, 0.3) is 0 Å². The summed E-state index contributed by atoms with van der Waals surface area (Å²) in [4.78, 5) is 16.1. The monoisotopic (exact) mass is 256 g/mol. The number of carbonyl (C=O) groups excluding carboxylic acids is 1. The highest BCUT2D eigenvalue weighted by Gasteiger charge is 2.28. The highest BCUT2D eigenvalue weighted by Crippen LogP contribution is 2.14. The molecule has 0 radical (unpaired) electrons. The van der Waals surface area contributed by atoms with Crippen molar-refractivity contribution in [1.29, 1.82) is 0 Å². The van der Waals surface area contributed by atoms with Crippen molar-refractivity contribution in [2.45, 2.75) is 45.2 Å². The molecule has 1 amide bonds. The average molecular weight is 256 g/mol. The molecular weight excluding hydrogens is 228 g/mol. The van der Waals surface area contributed by atoms with E-state index in [1.165, 1.54) is 0 Å². The smallest absolute Gasteiger partial charge is 0.234 e. The van der Waals surface area contributed by atoms with Gasteiger partial charge in [0.05, 0.1) is 6.04 Å². The predicted molar refractivity (Wildman–Crippen MR) is 74.2 cm³/mol. The third-order valence-corrected chi connectivity index (χ3v) is 3.99. The van der Waals surface area contributed by atoms with Gasteiger partial charge in [-0.2, -0.15) is 0 Å². The third-order valence-electron chi connectivity index (χ3n) is 3.99. The van der Waals surface area contributed by atoms with E-state index >= 15 is 0 Å². The van der Waals surface area contributed by atoms with Crippen LogP contribution >= 0.6 is 0 Å². The number of hydrogen-bond acceptors (Lipinski definition) is 4. The second kappa shape index (κ2) is 7.71. The second-order valence-corrected chi connectivity index (χ2v) is 5.04. The summed E-state index contributed by atoms with van der Waals surface area (Å²) in [7, 11) is 0. The largest absolute Gasteiger partial charge is 0.368 e. The summed E-state index contributed by atoms with van der Waals surface area (Å²) in [5.41, 5.74) is 11.1. The Morgan fingerprint density at radius 3 is 2.06 bits per heavy atom. The summed E-state index contributed by atoms with van der Waals surface area (Å²) in [6.07, 6.45) is 3.00. The molecule has 2 unspecified atom stereocenters. The minimum absolute atomic E-state index is 0.0956. The van der Waals surface area contributed by atoms with Crippen LogP contribution in [0.15, 0.2) is 0 Å². The zero-order valence-electron chi connectivity index (χ0n) is 11.8. The normalized spacial score (nSPS) is 21.7. The first kappa shape index (κ1) is 15.4. The van der Waals surface area contributed by atoms with Crippen molar-refractivity contribution in [3.05, 3.63) is 0 Å². The van der Waals surface area contributed by atoms with Crippen molar-refractivity contribution in [2.24, 2.45) is 11.5 Å². The van der Waals surface area contributed by atoms with Crippen molar-refractivity contribution < 1.29 is 4.79 Å². The van der Waals surface area contributed by atoms with Crippen molar-refractivity contribution >= 4 is 5.91 Å². The number of nitrogens with two attached hydrogens (primary N) is 2. The van der Waals surface area contributed by atoms with Gasteiger partial charge in [-0.1, -0.05) is 13.8 Å². The summed E-state index contributed by atoms with van der Waals surface area (Å²) in [6.45, 7) is 8.88. The summed E-state index contributed by atoms with van der Waals surface area (Å²) in [5.74, 6) is -0.194. The highest BCUT2D eigenvalue weighted by molar-refractivity contribution is 5.79. The number of piperazine rings is 1. The quantitative estimate of drug-likeness (QED) is 0.672. The number of hydrogen-bond donors (Lipinski definition) is 2. The van der Waals surface area contributed by atoms with E-state index in [0.717, 1.165) is 52.0 Å².